The standard InChI is InChI=1S/C41H43F3N6O7/c1-4-30-33(43)9-6-25-14-29(57-23-54-12-13-55-24(2)51)15-31(35(25)30)37-36(44)38-32(17-45-37)39(48-19-27-7-8-28(20-48)50(27)21-34(52)53-3)47-40(46-38)56-22-41-10-5-11-49(41)18-26(42)16-41/h1,6,9,14-15,17,26-28H,5,7-8,10-13,16,18-23H2,2-3H3/t26-,27-,28+,41+/m1/s1. The fraction of sp³-hybridized carbons (Fsp3) is 0.488. The number of hydrogen-bond donors (Lipinski definition) is 0. The van der Waals surface area contributed by atoms with Crippen LogP contribution in [0.25, 0.3) is 32.9 Å². The lowest BCUT2D eigenvalue weighted by molar-refractivity contribution is -0.144. The molecule has 57 heavy (non-hydrogen) atoms. The largest absolute Gasteiger partial charge is 0.468 e. The van der Waals surface area contributed by atoms with E-state index in [1.165, 1.54) is 38.4 Å². The number of piperazine rings is 1. The normalized spacial score (nSPS) is 23.2. The van der Waals surface area contributed by atoms with Gasteiger partial charge in [0.1, 0.15) is 48.0 Å². The summed E-state index contributed by atoms with van der Waals surface area (Å²) in [5.74, 6) is 0.851. The highest BCUT2D eigenvalue weighted by atomic mass is 19.1. The van der Waals surface area contributed by atoms with Gasteiger partial charge in [0, 0.05) is 62.2 Å². The summed E-state index contributed by atoms with van der Waals surface area (Å²) in [5, 5.41) is 1.04. The summed E-state index contributed by atoms with van der Waals surface area (Å²) >= 11 is 0. The predicted molar refractivity (Wildman–Crippen MR) is 202 cm³/mol. The Labute approximate surface area is 327 Å². The second-order valence-corrected chi connectivity index (χ2v) is 15.1. The van der Waals surface area contributed by atoms with Gasteiger partial charge in [0.15, 0.2) is 12.6 Å². The summed E-state index contributed by atoms with van der Waals surface area (Å²) in [4.78, 5) is 43.7. The van der Waals surface area contributed by atoms with Gasteiger partial charge in [-0.1, -0.05) is 12.0 Å². The average molecular weight is 789 g/mol. The summed E-state index contributed by atoms with van der Waals surface area (Å²) in [6.45, 7) is 3.60. The first kappa shape index (κ1) is 38.6. The number of fused-ring (bicyclic) bond motifs is 5. The number of aromatic nitrogens is 3. The van der Waals surface area contributed by atoms with E-state index in [-0.39, 0.29) is 90.7 Å². The van der Waals surface area contributed by atoms with E-state index in [1.807, 2.05) is 0 Å². The Morgan fingerprint density at radius 1 is 1.07 bits per heavy atom. The number of ether oxygens (including phenoxy) is 5. The number of pyridine rings is 1. The number of carbonyl (C=O) groups excluding carboxylic acids is 2. The molecule has 2 aromatic heterocycles. The van der Waals surface area contributed by atoms with E-state index in [9.17, 15) is 14.0 Å². The summed E-state index contributed by atoms with van der Waals surface area (Å²) < 4.78 is 74.7. The molecule has 13 nitrogen and oxygen atoms in total. The molecule has 8 rings (SSSR count). The molecule has 300 valence electrons. The van der Waals surface area contributed by atoms with Crippen LogP contribution in [0.4, 0.5) is 19.0 Å². The minimum atomic E-state index is -0.968. The molecule has 4 saturated heterocycles. The quantitative estimate of drug-likeness (QED) is 0.0798. The lowest BCUT2D eigenvalue weighted by Crippen LogP contribution is -2.55. The van der Waals surface area contributed by atoms with E-state index in [4.69, 9.17) is 35.1 Å². The minimum absolute atomic E-state index is 0.0250. The Balaban J connectivity index is 1.20. The molecule has 4 aliphatic rings. The summed E-state index contributed by atoms with van der Waals surface area (Å²) in [6, 6.07) is 5.86. The molecule has 2 bridgehead atoms. The van der Waals surface area contributed by atoms with Crippen LogP contribution in [-0.2, 0) is 23.8 Å². The third-order valence-electron chi connectivity index (χ3n) is 11.6. The van der Waals surface area contributed by atoms with Crippen molar-refractivity contribution in [3.63, 3.8) is 0 Å². The molecule has 0 N–H and O–H groups in total. The van der Waals surface area contributed by atoms with Crippen molar-refractivity contribution in [2.24, 2.45) is 0 Å². The average Bonchev–Trinajstić information content (AvgIpc) is 3.79. The van der Waals surface area contributed by atoms with Crippen LogP contribution in [0.3, 0.4) is 0 Å². The zero-order valence-corrected chi connectivity index (χ0v) is 31.8. The molecule has 0 unspecified atom stereocenters. The number of rotatable bonds is 13. The molecule has 0 saturated carbocycles. The van der Waals surface area contributed by atoms with E-state index in [0.717, 1.165) is 32.2 Å². The Morgan fingerprint density at radius 2 is 1.88 bits per heavy atom. The molecule has 6 heterocycles. The minimum Gasteiger partial charge on any atom is -0.468 e. The molecular weight excluding hydrogens is 745 g/mol. The van der Waals surface area contributed by atoms with Gasteiger partial charge in [-0.15, -0.1) is 6.42 Å². The van der Waals surface area contributed by atoms with Gasteiger partial charge in [0.2, 0.25) is 0 Å². The van der Waals surface area contributed by atoms with Gasteiger partial charge in [-0.05, 0) is 55.8 Å². The number of terminal acetylenes is 1. The first-order valence-corrected chi connectivity index (χ1v) is 19.1. The van der Waals surface area contributed by atoms with E-state index < -0.39 is 29.3 Å². The number of anilines is 1. The van der Waals surface area contributed by atoms with Crippen molar-refractivity contribution in [2.45, 2.75) is 62.8 Å². The smallest absolute Gasteiger partial charge is 0.319 e. The van der Waals surface area contributed by atoms with Crippen LogP contribution in [0.1, 0.15) is 44.6 Å². The summed E-state index contributed by atoms with van der Waals surface area (Å²) in [6.07, 6.45) is 10.1. The van der Waals surface area contributed by atoms with Gasteiger partial charge in [0.05, 0.1) is 36.8 Å². The highest BCUT2D eigenvalue weighted by molar-refractivity contribution is 6.03. The van der Waals surface area contributed by atoms with Gasteiger partial charge >= 0.3 is 17.9 Å². The lowest BCUT2D eigenvalue weighted by atomic mass is 9.95. The third-order valence-corrected chi connectivity index (χ3v) is 11.6. The van der Waals surface area contributed by atoms with Gasteiger partial charge in [-0.3, -0.25) is 24.4 Å². The summed E-state index contributed by atoms with van der Waals surface area (Å²) in [5.41, 5.74) is -0.661. The number of benzene rings is 2. The maximum absolute atomic E-state index is 17.4. The molecule has 0 amide bonds. The van der Waals surface area contributed by atoms with Crippen molar-refractivity contribution in [3.05, 3.63) is 47.7 Å². The van der Waals surface area contributed by atoms with E-state index in [1.54, 1.807) is 6.07 Å². The molecule has 4 atom stereocenters. The molecular formula is C41H43F3N6O7. The van der Waals surface area contributed by atoms with Gasteiger partial charge in [-0.25, -0.2) is 13.2 Å². The molecule has 0 spiro atoms. The Morgan fingerprint density at radius 3 is 2.63 bits per heavy atom. The van der Waals surface area contributed by atoms with Crippen molar-refractivity contribution >= 4 is 39.4 Å². The van der Waals surface area contributed by atoms with Crippen LogP contribution in [0.2, 0.25) is 0 Å². The maximum Gasteiger partial charge on any atom is 0.319 e. The number of esters is 2. The number of carbonyl (C=O) groups is 2. The summed E-state index contributed by atoms with van der Waals surface area (Å²) in [7, 11) is 1.37. The fourth-order valence-corrected chi connectivity index (χ4v) is 9.03. The van der Waals surface area contributed by atoms with Crippen molar-refractivity contribution in [3.8, 4) is 35.4 Å². The van der Waals surface area contributed by atoms with Crippen LogP contribution in [-0.4, -0.2) is 127 Å². The van der Waals surface area contributed by atoms with Crippen molar-refractivity contribution in [2.75, 3.05) is 71.3 Å². The topological polar surface area (TPSA) is 129 Å². The maximum atomic E-state index is 17.4. The first-order valence-electron chi connectivity index (χ1n) is 19.1. The zero-order valence-electron chi connectivity index (χ0n) is 31.8. The van der Waals surface area contributed by atoms with Gasteiger partial charge < -0.3 is 28.6 Å². The van der Waals surface area contributed by atoms with Gasteiger partial charge in [0.25, 0.3) is 0 Å². The second kappa shape index (κ2) is 16.0. The molecule has 16 heteroatoms. The third kappa shape index (κ3) is 7.51. The zero-order chi connectivity index (χ0) is 39.8. The van der Waals surface area contributed by atoms with Crippen LogP contribution < -0.4 is 14.4 Å². The van der Waals surface area contributed by atoms with Crippen LogP contribution in [0.15, 0.2) is 30.5 Å². The number of halogens is 3. The Kier molecular flexibility index (Phi) is 10.8. The Hall–Kier alpha value is -5.24. The highest BCUT2D eigenvalue weighted by Crippen LogP contribution is 2.42. The monoisotopic (exact) mass is 788 g/mol. The second-order valence-electron chi connectivity index (χ2n) is 15.1. The molecule has 0 aliphatic carbocycles. The molecule has 0 radical (unpaired) electrons. The van der Waals surface area contributed by atoms with Gasteiger partial charge in [-0.2, -0.15) is 9.97 Å². The van der Waals surface area contributed by atoms with Crippen molar-refractivity contribution < 1.29 is 46.4 Å². The highest BCUT2D eigenvalue weighted by Gasteiger charge is 2.49. The molecule has 4 fully saturated rings. The predicted octanol–water partition coefficient (Wildman–Crippen LogP) is 4.80. The number of methoxy groups -OCH3 is 1. The van der Waals surface area contributed by atoms with Crippen LogP contribution in [0.5, 0.6) is 11.8 Å². The Bertz CT molecular complexity index is 2240. The fourth-order valence-electron chi connectivity index (χ4n) is 9.03. The molecule has 4 aliphatic heterocycles. The number of nitrogens with zero attached hydrogens (tertiary/aromatic N) is 6. The first-order chi connectivity index (χ1) is 27.6. The number of alkyl halides is 1. The van der Waals surface area contributed by atoms with Crippen LogP contribution >= 0.6 is 0 Å². The van der Waals surface area contributed by atoms with Crippen molar-refractivity contribution in [1.29, 1.82) is 0 Å². The number of hydrogen-bond acceptors (Lipinski definition) is 13. The molecule has 2 aromatic carbocycles. The van der Waals surface area contributed by atoms with E-state index in [0.29, 0.717) is 42.6 Å². The SMILES string of the molecule is C#Cc1c(F)ccc2cc(OCOCCOC(C)=O)cc(-c3ncc4c(N5C[C@H]6CC[C@@H](C5)N6CC(=O)OC)nc(OC[C@@]56CCCN5C[C@H](F)C6)nc4c3F)c12. The van der Waals surface area contributed by atoms with E-state index >= 15 is 8.78 Å². The van der Waals surface area contributed by atoms with Crippen LogP contribution in [0, 0.1) is 24.0 Å². The van der Waals surface area contributed by atoms with E-state index in [2.05, 4.69) is 30.6 Å². The van der Waals surface area contributed by atoms with Crippen molar-refractivity contribution in [1.82, 2.24) is 24.8 Å². The molecule has 4 aromatic rings. The lowest BCUT2D eigenvalue weighted by Gasteiger charge is -2.41.